The van der Waals surface area contributed by atoms with Gasteiger partial charge in [-0.05, 0) is 30.0 Å². The second-order valence-corrected chi connectivity index (χ2v) is 8.00. The molecule has 2 aromatic heterocycles. The maximum Gasteiger partial charge on any atom is 0.298 e. The lowest BCUT2D eigenvalue weighted by Gasteiger charge is -2.47. The normalized spacial score (nSPS) is 23.0. The van der Waals surface area contributed by atoms with Gasteiger partial charge in [-0.25, -0.2) is 4.98 Å². The summed E-state index contributed by atoms with van der Waals surface area (Å²) in [7, 11) is 0. The molecule has 5 heterocycles. The SMILES string of the molecule is CC(C)c1cc(-c2nccs2)c2oc(N3CC4CC(C3)N4)nc2c1. The predicted molar refractivity (Wildman–Crippen MR) is 96.7 cm³/mol. The molecule has 3 aliphatic rings. The van der Waals surface area contributed by atoms with Gasteiger partial charge in [0.2, 0.25) is 0 Å². The van der Waals surface area contributed by atoms with Crippen molar-refractivity contribution in [2.24, 2.45) is 0 Å². The van der Waals surface area contributed by atoms with Gasteiger partial charge in [-0.2, -0.15) is 4.98 Å². The maximum atomic E-state index is 6.22. The molecule has 1 aromatic carbocycles. The van der Waals surface area contributed by atoms with Crippen molar-refractivity contribution in [3.8, 4) is 10.6 Å². The Morgan fingerprint density at radius 3 is 2.75 bits per heavy atom. The van der Waals surface area contributed by atoms with Crippen LogP contribution in [-0.4, -0.2) is 35.1 Å². The Bertz CT molecular complexity index is 870. The van der Waals surface area contributed by atoms with E-state index >= 15 is 0 Å². The van der Waals surface area contributed by atoms with Gasteiger partial charge in [0.05, 0.1) is 5.56 Å². The molecular weight excluding hydrogens is 320 g/mol. The minimum absolute atomic E-state index is 0.445. The van der Waals surface area contributed by atoms with Crippen molar-refractivity contribution in [3.05, 3.63) is 29.3 Å². The van der Waals surface area contributed by atoms with Crippen LogP contribution in [0.4, 0.5) is 6.01 Å². The number of piperidine rings is 1. The molecule has 24 heavy (non-hydrogen) atoms. The molecule has 124 valence electrons. The smallest absolute Gasteiger partial charge is 0.298 e. The van der Waals surface area contributed by atoms with Crippen LogP contribution >= 0.6 is 11.3 Å². The van der Waals surface area contributed by atoms with Crippen LogP contribution in [0.3, 0.4) is 0 Å². The van der Waals surface area contributed by atoms with Crippen LogP contribution in [0, 0.1) is 0 Å². The zero-order chi connectivity index (χ0) is 16.3. The van der Waals surface area contributed by atoms with Crippen molar-refractivity contribution in [1.82, 2.24) is 15.3 Å². The summed E-state index contributed by atoms with van der Waals surface area (Å²) >= 11 is 1.64. The summed E-state index contributed by atoms with van der Waals surface area (Å²) in [6.07, 6.45) is 3.12. The number of nitrogens with one attached hydrogen (secondary N) is 1. The molecule has 0 spiro atoms. The van der Waals surface area contributed by atoms with Crippen molar-refractivity contribution >= 4 is 28.5 Å². The van der Waals surface area contributed by atoms with Crippen LogP contribution in [0.15, 0.2) is 28.1 Å². The first kappa shape index (κ1) is 14.4. The first-order valence-electron chi connectivity index (χ1n) is 8.52. The topological polar surface area (TPSA) is 54.2 Å². The number of anilines is 1. The second kappa shape index (κ2) is 5.29. The van der Waals surface area contributed by atoms with E-state index < -0.39 is 0 Å². The zero-order valence-electron chi connectivity index (χ0n) is 13.8. The van der Waals surface area contributed by atoms with E-state index in [1.165, 1.54) is 12.0 Å². The highest BCUT2D eigenvalue weighted by atomic mass is 32.1. The van der Waals surface area contributed by atoms with Crippen molar-refractivity contribution in [3.63, 3.8) is 0 Å². The zero-order valence-corrected chi connectivity index (χ0v) is 14.6. The van der Waals surface area contributed by atoms with Gasteiger partial charge in [0.15, 0.2) is 5.58 Å². The number of benzene rings is 1. The first-order chi connectivity index (χ1) is 11.7. The van der Waals surface area contributed by atoms with E-state index in [9.17, 15) is 0 Å². The minimum atomic E-state index is 0.445. The summed E-state index contributed by atoms with van der Waals surface area (Å²) in [6, 6.07) is 6.29. The van der Waals surface area contributed by atoms with Gasteiger partial charge in [-0.1, -0.05) is 13.8 Å². The lowest BCUT2D eigenvalue weighted by molar-refractivity contribution is 0.220. The van der Waals surface area contributed by atoms with Crippen LogP contribution in [0.1, 0.15) is 31.7 Å². The highest BCUT2D eigenvalue weighted by Gasteiger charge is 2.38. The molecule has 3 saturated heterocycles. The van der Waals surface area contributed by atoms with Crippen LogP contribution in [0.2, 0.25) is 0 Å². The molecule has 3 aromatic rings. The third-order valence-electron chi connectivity index (χ3n) is 5.02. The van der Waals surface area contributed by atoms with Crippen LogP contribution in [0.25, 0.3) is 21.7 Å². The second-order valence-electron chi connectivity index (χ2n) is 7.11. The largest absolute Gasteiger partial charge is 0.423 e. The number of rotatable bonds is 3. The summed E-state index contributed by atoms with van der Waals surface area (Å²) < 4.78 is 6.22. The van der Waals surface area contributed by atoms with E-state index in [0.717, 1.165) is 40.8 Å². The van der Waals surface area contributed by atoms with Crippen LogP contribution in [-0.2, 0) is 0 Å². The molecule has 6 rings (SSSR count). The Morgan fingerprint density at radius 1 is 1.29 bits per heavy atom. The summed E-state index contributed by atoms with van der Waals surface area (Å²) in [5.41, 5.74) is 4.13. The number of piperazine rings is 1. The Balaban J connectivity index is 1.63. The number of aromatic nitrogens is 2. The Hall–Kier alpha value is -1.92. The fourth-order valence-electron chi connectivity index (χ4n) is 3.70. The Kier molecular flexibility index (Phi) is 3.18. The molecule has 3 fully saturated rings. The number of hydrogen-bond donors (Lipinski definition) is 1. The van der Waals surface area contributed by atoms with Crippen molar-refractivity contribution in [2.75, 3.05) is 18.0 Å². The monoisotopic (exact) mass is 340 g/mol. The van der Waals surface area contributed by atoms with E-state index in [-0.39, 0.29) is 0 Å². The fraction of sp³-hybridized carbons (Fsp3) is 0.444. The molecule has 2 bridgehead atoms. The molecule has 0 aliphatic carbocycles. The number of nitrogens with zero attached hydrogens (tertiary/aromatic N) is 3. The number of oxazole rings is 1. The first-order valence-corrected chi connectivity index (χ1v) is 9.40. The van der Waals surface area contributed by atoms with Gasteiger partial charge in [-0.3, -0.25) is 0 Å². The van der Waals surface area contributed by atoms with Gasteiger partial charge in [0.1, 0.15) is 10.5 Å². The van der Waals surface area contributed by atoms with E-state index in [2.05, 4.69) is 41.2 Å². The quantitative estimate of drug-likeness (QED) is 0.789. The van der Waals surface area contributed by atoms with Crippen molar-refractivity contribution in [1.29, 1.82) is 0 Å². The molecule has 0 saturated carbocycles. The van der Waals surface area contributed by atoms with Crippen molar-refractivity contribution < 1.29 is 4.42 Å². The number of hydrogen-bond acceptors (Lipinski definition) is 6. The Labute approximate surface area is 144 Å². The van der Waals surface area contributed by atoms with E-state index in [4.69, 9.17) is 9.40 Å². The minimum Gasteiger partial charge on any atom is -0.423 e. The molecule has 2 unspecified atom stereocenters. The van der Waals surface area contributed by atoms with E-state index in [1.54, 1.807) is 11.3 Å². The maximum absolute atomic E-state index is 6.22. The highest BCUT2D eigenvalue weighted by Crippen LogP contribution is 2.36. The predicted octanol–water partition coefficient (Wildman–Crippen LogP) is 3.63. The average Bonchev–Trinajstić information content (AvgIpc) is 3.22. The summed E-state index contributed by atoms with van der Waals surface area (Å²) in [4.78, 5) is 11.6. The molecule has 3 aliphatic heterocycles. The number of thiazole rings is 1. The molecule has 6 heteroatoms. The van der Waals surface area contributed by atoms with Gasteiger partial charge < -0.3 is 14.6 Å². The number of fused-ring (bicyclic) bond motifs is 3. The van der Waals surface area contributed by atoms with E-state index in [1.807, 2.05) is 11.6 Å². The van der Waals surface area contributed by atoms with Gasteiger partial charge in [0, 0.05) is 36.8 Å². The Morgan fingerprint density at radius 2 is 2.08 bits per heavy atom. The standard InChI is InChI=1S/C18H20N4OS/c1-10(2)11-5-14(17-19-3-4-24-17)16-15(6-11)21-18(23-16)22-8-12-7-13(9-22)20-12/h3-6,10,12-13,20H,7-9H2,1-2H3. The third kappa shape index (κ3) is 2.24. The van der Waals surface area contributed by atoms with Gasteiger partial charge in [0.25, 0.3) is 6.01 Å². The summed E-state index contributed by atoms with van der Waals surface area (Å²) in [6.45, 7) is 6.37. The highest BCUT2D eigenvalue weighted by molar-refractivity contribution is 7.13. The molecule has 5 nitrogen and oxygen atoms in total. The molecule has 0 amide bonds. The molecular formula is C18H20N4OS. The fourth-order valence-corrected chi connectivity index (χ4v) is 4.35. The van der Waals surface area contributed by atoms with Gasteiger partial charge in [-0.15, -0.1) is 11.3 Å². The molecule has 0 radical (unpaired) electrons. The molecule has 2 atom stereocenters. The summed E-state index contributed by atoms with van der Waals surface area (Å²) in [5, 5.41) is 6.55. The lowest BCUT2D eigenvalue weighted by Crippen LogP contribution is -2.67. The van der Waals surface area contributed by atoms with Gasteiger partial charge >= 0.3 is 0 Å². The van der Waals surface area contributed by atoms with Crippen molar-refractivity contribution in [2.45, 2.75) is 38.3 Å². The average molecular weight is 340 g/mol. The van der Waals surface area contributed by atoms with E-state index in [0.29, 0.717) is 18.0 Å². The van der Waals surface area contributed by atoms with Crippen LogP contribution < -0.4 is 10.2 Å². The lowest BCUT2D eigenvalue weighted by atomic mass is 9.92. The van der Waals surface area contributed by atoms with Crippen LogP contribution in [0.5, 0.6) is 0 Å². The summed E-state index contributed by atoms with van der Waals surface area (Å²) in [5.74, 6) is 0.445. The third-order valence-corrected chi connectivity index (χ3v) is 5.83. The molecule has 1 N–H and O–H groups in total.